The van der Waals surface area contributed by atoms with Gasteiger partial charge in [-0.25, -0.2) is 0 Å². The van der Waals surface area contributed by atoms with Crippen LogP contribution in [0.15, 0.2) is 97.2 Å². The molecule has 1 N–H and O–H groups in total. The molecule has 1 aliphatic carbocycles. The van der Waals surface area contributed by atoms with Crippen molar-refractivity contribution < 1.29 is 28.9 Å². The Bertz CT molecular complexity index is 2170. The largest absolute Gasteiger partial charge is 0.508 e. The minimum atomic E-state index is -0.175. The lowest BCUT2D eigenvalue weighted by Gasteiger charge is -2.40. The van der Waals surface area contributed by atoms with Crippen molar-refractivity contribution in [2.24, 2.45) is 0 Å². The van der Waals surface area contributed by atoms with Gasteiger partial charge in [0.25, 0.3) is 11.8 Å². The Kier molecular flexibility index (Phi) is 10.1. The smallest absolute Gasteiger partial charge is 0.264 e. The maximum atomic E-state index is 15.1. The number of hydrogen-bond donors (Lipinski definition) is 1. The summed E-state index contributed by atoms with van der Waals surface area (Å²) in [5.41, 5.74) is 7.60. The van der Waals surface area contributed by atoms with Crippen LogP contribution in [0.25, 0.3) is 5.69 Å². The lowest BCUT2D eigenvalue weighted by Crippen LogP contribution is -2.52. The fraction of sp³-hybridized carbons (Fsp3) is 0.302. The molecule has 278 valence electrons. The van der Waals surface area contributed by atoms with Crippen molar-refractivity contribution >= 4 is 35.6 Å². The molecule has 1 aromatic heterocycles. The number of phenols is 1. The van der Waals surface area contributed by atoms with E-state index in [9.17, 15) is 9.90 Å². The van der Waals surface area contributed by atoms with Gasteiger partial charge in [-0.05, 0) is 91.3 Å². The molecule has 2 amide bonds. The number of phenolic OH excluding ortho intramolecular Hbond substituents is 1. The van der Waals surface area contributed by atoms with Crippen molar-refractivity contribution in [3.63, 3.8) is 0 Å². The summed E-state index contributed by atoms with van der Waals surface area (Å²) in [6, 6.07) is 28.4. The highest BCUT2D eigenvalue weighted by molar-refractivity contribution is 6.12. The Morgan fingerprint density at radius 3 is 2.26 bits per heavy atom. The lowest BCUT2D eigenvalue weighted by molar-refractivity contribution is 0.0192. The molecule has 54 heavy (non-hydrogen) atoms. The molecule has 0 radical (unpaired) electrons. The van der Waals surface area contributed by atoms with Gasteiger partial charge in [-0.1, -0.05) is 42.5 Å². The van der Waals surface area contributed by atoms with Crippen LogP contribution in [0.3, 0.4) is 0 Å². The number of rotatable bonds is 7. The van der Waals surface area contributed by atoms with Crippen LogP contribution in [0.4, 0.5) is 11.4 Å². The summed E-state index contributed by atoms with van der Waals surface area (Å²) in [5, 5.41) is 10.1. The fourth-order valence-electron chi connectivity index (χ4n) is 8.34. The first kappa shape index (κ1) is 35.7. The van der Waals surface area contributed by atoms with E-state index in [-0.39, 0.29) is 42.8 Å². The molecule has 3 aliphatic heterocycles. The molecule has 0 bridgehead atoms. The van der Waals surface area contributed by atoms with Crippen LogP contribution in [-0.2, 0) is 30.5 Å². The summed E-state index contributed by atoms with van der Waals surface area (Å²) in [5.74, 6) is 0.991. The predicted octanol–water partition coefficient (Wildman–Crippen LogP) is 7.09. The van der Waals surface area contributed by atoms with Gasteiger partial charge in [-0.3, -0.25) is 19.4 Å². The van der Waals surface area contributed by atoms with Crippen LogP contribution >= 0.6 is 12.4 Å². The fourth-order valence-corrected chi connectivity index (χ4v) is 8.34. The molecule has 1 saturated heterocycles. The van der Waals surface area contributed by atoms with Crippen molar-refractivity contribution in [3.8, 4) is 22.9 Å². The summed E-state index contributed by atoms with van der Waals surface area (Å²) in [6.07, 6.45) is 6.14. The highest BCUT2D eigenvalue weighted by atomic mass is 35.5. The second-order valence-electron chi connectivity index (χ2n) is 14.2. The topological polar surface area (TPSA) is 96.7 Å². The molecule has 5 aromatic rings. The normalized spacial score (nSPS) is 17.6. The summed E-state index contributed by atoms with van der Waals surface area (Å²) in [6.45, 7) is 4.40. The van der Waals surface area contributed by atoms with E-state index >= 15 is 4.79 Å². The third kappa shape index (κ3) is 6.70. The third-order valence-corrected chi connectivity index (χ3v) is 11.0. The highest BCUT2D eigenvalue weighted by Crippen LogP contribution is 2.41. The Morgan fingerprint density at radius 2 is 1.48 bits per heavy atom. The molecule has 4 aliphatic rings. The second kappa shape index (κ2) is 15.2. The number of carbonyl (C=O) groups excluding carboxylic acids is 2. The molecule has 1 atom stereocenters. The standard InChI is InChI=1S/C43H42N4O6.ClH/c48-34-16-14-32(15-17-34)47(31-10-2-1-3-11-31)43(50)37-27-46(38-13-7-6-12-35(37)38)39-24-41-40(52-28-53-41)23-36(39)42(49)45-25-30-9-5-4-8-29(30)22-33(45)26-44-18-20-51-21-19-44;/h1-5,8-11,14-17,23-24,27,33,48H,6-7,12-13,18-22,25-26,28H2;1H/t33-;/m0./s1. The van der Waals surface area contributed by atoms with E-state index < -0.39 is 0 Å². The van der Waals surface area contributed by atoms with Crippen LogP contribution < -0.4 is 14.4 Å². The highest BCUT2D eigenvalue weighted by Gasteiger charge is 2.36. The maximum Gasteiger partial charge on any atom is 0.264 e. The van der Waals surface area contributed by atoms with E-state index in [0.29, 0.717) is 53.8 Å². The molecule has 11 heteroatoms. The van der Waals surface area contributed by atoms with Crippen molar-refractivity contribution in [2.45, 2.75) is 44.7 Å². The number of aromatic nitrogens is 1. The average molecular weight is 747 g/mol. The Hall–Kier alpha value is -5.29. The summed E-state index contributed by atoms with van der Waals surface area (Å²) in [7, 11) is 0. The number of hydrogen-bond acceptors (Lipinski definition) is 7. The van der Waals surface area contributed by atoms with Crippen molar-refractivity contribution in [2.75, 3.05) is 44.5 Å². The molecular formula is C43H43ClN4O6. The van der Waals surface area contributed by atoms with Crippen LogP contribution in [0.2, 0.25) is 0 Å². The Morgan fingerprint density at radius 1 is 0.796 bits per heavy atom. The lowest BCUT2D eigenvalue weighted by atomic mass is 9.92. The van der Waals surface area contributed by atoms with Crippen molar-refractivity contribution in [1.82, 2.24) is 14.4 Å². The number of ether oxygens (including phenoxy) is 3. The van der Waals surface area contributed by atoms with Crippen molar-refractivity contribution in [3.05, 3.63) is 131 Å². The van der Waals surface area contributed by atoms with Gasteiger partial charge in [-0.15, -0.1) is 12.4 Å². The first-order valence-electron chi connectivity index (χ1n) is 18.6. The van der Waals surface area contributed by atoms with E-state index in [1.165, 1.54) is 5.56 Å². The minimum Gasteiger partial charge on any atom is -0.508 e. The average Bonchev–Trinajstić information content (AvgIpc) is 3.83. The maximum absolute atomic E-state index is 15.1. The van der Waals surface area contributed by atoms with E-state index in [4.69, 9.17) is 14.2 Å². The van der Waals surface area contributed by atoms with Crippen molar-refractivity contribution in [1.29, 1.82) is 0 Å². The third-order valence-electron chi connectivity index (χ3n) is 11.0. The SMILES string of the molecule is Cl.O=C(c1cn(-c2cc3c(cc2C(=O)N2Cc4ccccc4C[C@H]2CN2CCOCC2)OCO3)c2c1CCCC2)N(c1ccccc1)c1ccc(O)cc1. The quantitative estimate of drug-likeness (QED) is 0.190. The summed E-state index contributed by atoms with van der Waals surface area (Å²) >= 11 is 0. The molecule has 0 spiro atoms. The molecule has 1 fully saturated rings. The number of fused-ring (bicyclic) bond motifs is 3. The summed E-state index contributed by atoms with van der Waals surface area (Å²) < 4.78 is 19.5. The van der Waals surface area contributed by atoms with Crippen LogP contribution in [0.5, 0.6) is 17.2 Å². The Labute approximate surface area is 320 Å². The minimum absolute atomic E-state index is 0. The first-order valence-corrected chi connectivity index (χ1v) is 18.6. The van der Waals surface area contributed by atoms with Gasteiger partial charge in [0, 0.05) is 61.6 Å². The van der Waals surface area contributed by atoms with E-state index in [0.717, 1.165) is 74.2 Å². The number of nitrogens with zero attached hydrogens (tertiary/aromatic N) is 4. The number of benzene rings is 4. The van der Waals surface area contributed by atoms with Crippen LogP contribution in [0.1, 0.15) is 55.9 Å². The number of aromatic hydroxyl groups is 1. The van der Waals surface area contributed by atoms with E-state index in [1.54, 1.807) is 29.2 Å². The van der Waals surface area contributed by atoms with Gasteiger partial charge < -0.3 is 28.8 Å². The van der Waals surface area contributed by atoms with Gasteiger partial charge in [0.2, 0.25) is 6.79 Å². The number of carbonyl (C=O) groups is 2. The monoisotopic (exact) mass is 746 g/mol. The van der Waals surface area contributed by atoms with Crippen LogP contribution in [0, 0.1) is 0 Å². The molecule has 0 saturated carbocycles. The predicted molar refractivity (Wildman–Crippen MR) is 208 cm³/mol. The number of para-hydroxylation sites is 1. The zero-order valence-corrected chi connectivity index (χ0v) is 30.8. The van der Waals surface area contributed by atoms with Crippen LogP contribution in [-0.4, -0.2) is 77.0 Å². The number of halogens is 1. The van der Waals surface area contributed by atoms with E-state index in [2.05, 4.69) is 27.7 Å². The van der Waals surface area contributed by atoms with Gasteiger partial charge >= 0.3 is 0 Å². The molecule has 4 heterocycles. The van der Waals surface area contributed by atoms with E-state index in [1.807, 2.05) is 59.6 Å². The van der Waals surface area contributed by atoms with Gasteiger partial charge in [0.1, 0.15) is 5.75 Å². The number of anilines is 2. The zero-order valence-electron chi connectivity index (χ0n) is 30.0. The van der Waals surface area contributed by atoms with Gasteiger partial charge in [-0.2, -0.15) is 0 Å². The molecule has 10 nitrogen and oxygen atoms in total. The second-order valence-corrected chi connectivity index (χ2v) is 14.2. The van der Waals surface area contributed by atoms with Gasteiger partial charge in [0.05, 0.1) is 30.0 Å². The Balaban J connectivity index is 0.00000413. The van der Waals surface area contributed by atoms with Gasteiger partial charge in [0.15, 0.2) is 11.5 Å². The zero-order chi connectivity index (χ0) is 35.9. The molecule has 9 rings (SSSR count). The number of morpholine rings is 1. The molecule has 0 unspecified atom stereocenters. The molecule has 4 aromatic carbocycles. The first-order chi connectivity index (χ1) is 26.0. The molecular weight excluding hydrogens is 704 g/mol. The number of amides is 2. The summed E-state index contributed by atoms with van der Waals surface area (Å²) in [4.78, 5) is 36.1.